The molecule has 30 heavy (non-hydrogen) atoms. The standard InChI is InChI=1S/C22H23ClFNO4S/c1-30(28,29)19-11-16(24)10-18-17-4-2-3-14(9-20(26)27)21(17)25(22(18)19)12-13-5-7-15(23)8-6-13/h5-8,10-11,14,17,21H,2-4,9,12H2,1H3,(H,26,27). The fraction of sp³-hybridized carbons (Fsp3) is 0.409. The van der Waals surface area contributed by atoms with Crippen molar-refractivity contribution in [3.8, 4) is 0 Å². The minimum absolute atomic E-state index is 0.00294. The van der Waals surface area contributed by atoms with Crippen LogP contribution in [0.3, 0.4) is 0 Å². The molecule has 4 rings (SSSR count). The van der Waals surface area contributed by atoms with E-state index in [1.54, 1.807) is 12.1 Å². The first kappa shape index (κ1) is 21.1. The van der Waals surface area contributed by atoms with Crippen LogP contribution in [0.15, 0.2) is 41.3 Å². The lowest BCUT2D eigenvalue weighted by molar-refractivity contribution is -0.138. The SMILES string of the molecule is CS(=O)(=O)c1cc(F)cc2c1N(Cc1ccc(Cl)cc1)C1C(CC(=O)O)CCCC21. The number of rotatable bonds is 5. The minimum atomic E-state index is -3.69. The molecular weight excluding hydrogens is 429 g/mol. The van der Waals surface area contributed by atoms with Crippen molar-refractivity contribution in [2.45, 2.75) is 49.1 Å². The zero-order valence-corrected chi connectivity index (χ0v) is 18.1. The van der Waals surface area contributed by atoms with Gasteiger partial charge in [-0.1, -0.05) is 30.2 Å². The molecule has 0 spiro atoms. The van der Waals surface area contributed by atoms with Gasteiger partial charge in [0.2, 0.25) is 0 Å². The molecule has 5 nitrogen and oxygen atoms in total. The number of hydrogen-bond acceptors (Lipinski definition) is 4. The number of hydrogen-bond donors (Lipinski definition) is 1. The van der Waals surface area contributed by atoms with E-state index in [0.29, 0.717) is 22.8 Å². The molecule has 2 aromatic rings. The fourth-order valence-electron chi connectivity index (χ4n) is 5.12. The van der Waals surface area contributed by atoms with Crippen molar-refractivity contribution < 1.29 is 22.7 Å². The second-order valence-electron chi connectivity index (χ2n) is 8.25. The van der Waals surface area contributed by atoms with E-state index in [1.807, 2.05) is 17.0 Å². The van der Waals surface area contributed by atoms with Gasteiger partial charge in [-0.25, -0.2) is 12.8 Å². The number of benzene rings is 2. The molecule has 1 saturated carbocycles. The van der Waals surface area contributed by atoms with Crippen molar-refractivity contribution in [1.82, 2.24) is 0 Å². The van der Waals surface area contributed by atoms with E-state index in [2.05, 4.69) is 0 Å². The third kappa shape index (κ3) is 3.93. The lowest BCUT2D eigenvalue weighted by atomic mass is 9.74. The van der Waals surface area contributed by atoms with Crippen LogP contribution in [0.5, 0.6) is 0 Å². The summed E-state index contributed by atoms with van der Waals surface area (Å²) in [5, 5.41) is 10.0. The molecule has 1 aliphatic carbocycles. The van der Waals surface area contributed by atoms with E-state index in [4.69, 9.17) is 11.6 Å². The van der Waals surface area contributed by atoms with Crippen LogP contribution < -0.4 is 4.90 Å². The Labute approximate surface area is 180 Å². The highest BCUT2D eigenvalue weighted by Gasteiger charge is 2.47. The second-order valence-corrected chi connectivity index (χ2v) is 10.7. The lowest BCUT2D eigenvalue weighted by Gasteiger charge is -2.39. The van der Waals surface area contributed by atoms with Gasteiger partial charge in [-0.15, -0.1) is 0 Å². The summed E-state index contributed by atoms with van der Waals surface area (Å²) in [5.41, 5.74) is 2.11. The summed E-state index contributed by atoms with van der Waals surface area (Å²) >= 11 is 6.00. The Morgan fingerprint density at radius 3 is 2.57 bits per heavy atom. The predicted molar refractivity (Wildman–Crippen MR) is 113 cm³/mol. The fourth-order valence-corrected chi connectivity index (χ4v) is 6.15. The maximum atomic E-state index is 14.4. The maximum absolute atomic E-state index is 14.4. The number of carboxylic acid groups (broad SMARTS) is 1. The normalized spacial score (nSPS) is 23.2. The van der Waals surface area contributed by atoms with Gasteiger partial charge >= 0.3 is 5.97 Å². The van der Waals surface area contributed by atoms with Crippen LogP contribution in [-0.2, 0) is 21.2 Å². The molecule has 1 aliphatic heterocycles. The van der Waals surface area contributed by atoms with Crippen molar-refractivity contribution in [3.63, 3.8) is 0 Å². The molecular formula is C22H23ClFNO4S. The van der Waals surface area contributed by atoms with Crippen LogP contribution in [0.4, 0.5) is 10.1 Å². The monoisotopic (exact) mass is 451 g/mol. The molecule has 2 aromatic carbocycles. The molecule has 0 amide bonds. The molecule has 3 atom stereocenters. The van der Waals surface area contributed by atoms with Gasteiger partial charge in [-0.3, -0.25) is 4.79 Å². The highest BCUT2D eigenvalue weighted by molar-refractivity contribution is 7.90. The van der Waals surface area contributed by atoms with Crippen molar-refractivity contribution >= 4 is 33.1 Å². The summed E-state index contributed by atoms with van der Waals surface area (Å²) in [6.45, 7) is 0.398. The molecule has 1 fully saturated rings. The predicted octanol–water partition coefficient (Wildman–Crippen LogP) is 4.63. The molecule has 3 unspecified atom stereocenters. The number of sulfone groups is 1. The summed E-state index contributed by atoms with van der Waals surface area (Å²) in [6, 6.07) is 9.58. The van der Waals surface area contributed by atoms with Gasteiger partial charge in [0.1, 0.15) is 5.82 Å². The van der Waals surface area contributed by atoms with E-state index >= 15 is 0 Å². The van der Waals surface area contributed by atoms with E-state index in [0.717, 1.165) is 37.1 Å². The van der Waals surface area contributed by atoms with Crippen molar-refractivity contribution in [2.24, 2.45) is 5.92 Å². The number of carbonyl (C=O) groups is 1. The number of anilines is 1. The summed E-state index contributed by atoms with van der Waals surface area (Å²) < 4.78 is 39.5. The highest BCUT2D eigenvalue weighted by Crippen LogP contribution is 2.53. The molecule has 1 N–H and O–H groups in total. The van der Waals surface area contributed by atoms with Gasteiger partial charge < -0.3 is 10.0 Å². The maximum Gasteiger partial charge on any atom is 0.303 e. The number of aliphatic carboxylic acids is 1. The van der Waals surface area contributed by atoms with Gasteiger partial charge in [-0.2, -0.15) is 0 Å². The number of fused-ring (bicyclic) bond motifs is 3. The third-order valence-corrected chi connectivity index (χ3v) is 7.57. The van der Waals surface area contributed by atoms with Crippen LogP contribution in [0.2, 0.25) is 5.02 Å². The number of nitrogens with zero attached hydrogens (tertiary/aromatic N) is 1. The molecule has 160 valence electrons. The summed E-state index contributed by atoms with van der Waals surface area (Å²) in [4.78, 5) is 13.5. The van der Waals surface area contributed by atoms with Gasteiger partial charge in [-0.05, 0) is 54.2 Å². The van der Waals surface area contributed by atoms with E-state index < -0.39 is 21.6 Å². The van der Waals surface area contributed by atoms with Gasteiger partial charge in [0.05, 0.1) is 17.0 Å². The largest absolute Gasteiger partial charge is 0.481 e. The summed E-state index contributed by atoms with van der Waals surface area (Å²) in [7, 11) is -3.69. The third-order valence-electron chi connectivity index (χ3n) is 6.20. The van der Waals surface area contributed by atoms with E-state index in [1.165, 1.54) is 6.07 Å². The van der Waals surface area contributed by atoms with Crippen LogP contribution >= 0.6 is 11.6 Å². The Kier molecular flexibility index (Phi) is 5.53. The van der Waals surface area contributed by atoms with E-state index in [9.17, 15) is 22.7 Å². The average molecular weight is 452 g/mol. The van der Waals surface area contributed by atoms with Crippen molar-refractivity contribution in [3.05, 3.63) is 58.4 Å². The van der Waals surface area contributed by atoms with Gasteiger partial charge in [0.25, 0.3) is 0 Å². The Balaban J connectivity index is 1.88. The molecule has 0 radical (unpaired) electrons. The number of carboxylic acids is 1. The van der Waals surface area contributed by atoms with Crippen LogP contribution in [0.25, 0.3) is 0 Å². The van der Waals surface area contributed by atoms with Crippen LogP contribution in [-0.4, -0.2) is 31.8 Å². The van der Waals surface area contributed by atoms with Crippen LogP contribution in [0.1, 0.15) is 42.7 Å². The van der Waals surface area contributed by atoms with Crippen LogP contribution in [0, 0.1) is 11.7 Å². The zero-order valence-electron chi connectivity index (χ0n) is 16.5. The first-order valence-corrected chi connectivity index (χ1v) is 12.2. The summed E-state index contributed by atoms with van der Waals surface area (Å²) in [5.74, 6) is -1.70. The second kappa shape index (κ2) is 7.85. The number of halogens is 2. The molecule has 1 heterocycles. The molecule has 8 heteroatoms. The Morgan fingerprint density at radius 1 is 1.23 bits per heavy atom. The average Bonchev–Trinajstić information content (AvgIpc) is 2.96. The summed E-state index contributed by atoms with van der Waals surface area (Å²) in [6.07, 6.45) is 3.44. The molecule has 0 aromatic heterocycles. The molecule has 0 saturated heterocycles. The molecule has 2 aliphatic rings. The Morgan fingerprint density at radius 2 is 1.93 bits per heavy atom. The smallest absolute Gasteiger partial charge is 0.303 e. The van der Waals surface area contributed by atoms with Crippen molar-refractivity contribution in [2.75, 3.05) is 11.2 Å². The van der Waals surface area contributed by atoms with Gasteiger partial charge in [0.15, 0.2) is 9.84 Å². The minimum Gasteiger partial charge on any atom is -0.481 e. The Hall–Kier alpha value is -2.12. The Bertz CT molecular complexity index is 1090. The highest BCUT2D eigenvalue weighted by atomic mass is 35.5. The molecule has 0 bridgehead atoms. The zero-order chi connectivity index (χ0) is 21.6. The van der Waals surface area contributed by atoms with Crippen molar-refractivity contribution in [1.29, 1.82) is 0 Å². The van der Waals surface area contributed by atoms with E-state index in [-0.39, 0.29) is 29.2 Å². The first-order valence-electron chi connectivity index (χ1n) is 9.91. The van der Waals surface area contributed by atoms with Gasteiger partial charge in [0, 0.05) is 29.8 Å². The topological polar surface area (TPSA) is 74.7 Å². The first-order chi connectivity index (χ1) is 14.1. The lowest BCUT2D eigenvalue weighted by Crippen LogP contribution is -2.43. The quantitative estimate of drug-likeness (QED) is 0.717.